The fourth-order valence-corrected chi connectivity index (χ4v) is 2.17. The van der Waals surface area contributed by atoms with Gasteiger partial charge >= 0.3 is 0 Å². The molecule has 0 fully saturated rings. The number of benzene rings is 2. The number of methoxy groups -OCH3 is 1. The summed E-state index contributed by atoms with van der Waals surface area (Å²) in [5.74, 6) is 0.891. The van der Waals surface area contributed by atoms with Gasteiger partial charge < -0.3 is 9.84 Å². The molecular formula is C16H14N2O2. The predicted octanol–water partition coefficient (Wildman–Crippen LogP) is 3.46. The van der Waals surface area contributed by atoms with Crippen LogP contribution in [-0.4, -0.2) is 22.4 Å². The second kappa shape index (κ2) is 5.09. The van der Waals surface area contributed by atoms with Gasteiger partial charge in [-0.3, -0.25) is 5.10 Å². The first-order chi connectivity index (χ1) is 9.79. The number of nitrogens with zero attached hydrogens (tertiary/aromatic N) is 1. The number of H-pyrrole nitrogens is 1. The van der Waals surface area contributed by atoms with Crippen molar-refractivity contribution in [3.05, 3.63) is 54.7 Å². The van der Waals surface area contributed by atoms with Crippen LogP contribution in [0.25, 0.3) is 22.4 Å². The van der Waals surface area contributed by atoms with Crippen molar-refractivity contribution in [2.45, 2.75) is 0 Å². The number of ether oxygens (including phenoxy) is 1. The van der Waals surface area contributed by atoms with E-state index in [0.29, 0.717) is 11.3 Å². The Morgan fingerprint density at radius 1 is 1.05 bits per heavy atom. The summed E-state index contributed by atoms with van der Waals surface area (Å²) in [5.41, 5.74) is 3.42. The van der Waals surface area contributed by atoms with Crippen LogP contribution in [0.4, 0.5) is 0 Å². The van der Waals surface area contributed by atoms with Gasteiger partial charge in [-0.1, -0.05) is 30.3 Å². The molecule has 0 saturated carbocycles. The van der Waals surface area contributed by atoms with Crippen molar-refractivity contribution < 1.29 is 9.84 Å². The lowest BCUT2D eigenvalue weighted by molar-refractivity contribution is 0.412. The Labute approximate surface area is 116 Å². The lowest BCUT2D eigenvalue weighted by Crippen LogP contribution is -1.86. The fourth-order valence-electron chi connectivity index (χ4n) is 2.17. The summed E-state index contributed by atoms with van der Waals surface area (Å²) in [6, 6.07) is 15.0. The third kappa shape index (κ3) is 2.12. The van der Waals surface area contributed by atoms with E-state index < -0.39 is 0 Å². The second-order valence-corrected chi connectivity index (χ2v) is 4.41. The third-order valence-corrected chi connectivity index (χ3v) is 3.20. The van der Waals surface area contributed by atoms with Crippen LogP contribution in [0.1, 0.15) is 0 Å². The van der Waals surface area contributed by atoms with Crippen molar-refractivity contribution in [1.29, 1.82) is 0 Å². The summed E-state index contributed by atoms with van der Waals surface area (Å²) in [6.45, 7) is 0. The summed E-state index contributed by atoms with van der Waals surface area (Å²) in [5, 5.41) is 17.2. The van der Waals surface area contributed by atoms with Crippen LogP contribution in [0.3, 0.4) is 0 Å². The number of aromatic nitrogens is 2. The zero-order valence-electron chi connectivity index (χ0n) is 11.0. The quantitative estimate of drug-likeness (QED) is 0.763. The number of phenolic OH excluding ortho intramolecular Hbond substituents is 1. The molecule has 2 aromatic carbocycles. The van der Waals surface area contributed by atoms with Crippen LogP contribution in [0.5, 0.6) is 11.5 Å². The lowest BCUT2D eigenvalue weighted by Gasteiger charge is -2.08. The minimum atomic E-state index is 0.199. The smallest absolute Gasteiger partial charge is 0.123 e. The normalized spacial score (nSPS) is 10.4. The molecule has 3 aromatic rings. The third-order valence-electron chi connectivity index (χ3n) is 3.20. The maximum Gasteiger partial charge on any atom is 0.123 e. The first kappa shape index (κ1) is 12.3. The van der Waals surface area contributed by atoms with Gasteiger partial charge in [0, 0.05) is 16.7 Å². The highest BCUT2D eigenvalue weighted by Gasteiger charge is 2.13. The molecule has 0 aliphatic carbocycles. The molecule has 0 amide bonds. The molecule has 1 aromatic heterocycles. The van der Waals surface area contributed by atoms with Gasteiger partial charge in [0.15, 0.2) is 0 Å². The molecule has 100 valence electrons. The summed E-state index contributed by atoms with van der Waals surface area (Å²) in [7, 11) is 1.60. The molecule has 0 atom stereocenters. The Balaban J connectivity index is 2.15. The number of phenols is 1. The van der Waals surface area contributed by atoms with E-state index in [1.165, 1.54) is 0 Å². The SMILES string of the molecule is COc1ccc(O)c(-c2cn[nH]c2-c2ccccc2)c1. The number of aromatic hydroxyl groups is 1. The first-order valence-electron chi connectivity index (χ1n) is 6.26. The van der Waals surface area contributed by atoms with E-state index in [1.54, 1.807) is 31.5 Å². The maximum absolute atomic E-state index is 10.1. The number of nitrogens with one attached hydrogen (secondary N) is 1. The molecule has 0 bridgehead atoms. The van der Waals surface area contributed by atoms with Crippen molar-refractivity contribution >= 4 is 0 Å². The number of aromatic amines is 1. The van der Waals surface area contributed by atoms with Crippen molar-refractivity contribution in [2.24, 2.45) is 0 Å². The second-order valence-electron chi connectivity index (χ2n) is 4.41. The highest BCUT2D eigenvalue weighted by atomic mass is 16.5. The monoisotopic (exact) mass is 266 g/mol. The first-order valence-corrected chi connectivity index (χ1v) is 6.26. The number of rotatable bonds is 3. The Bertz CT molecular complexity index is 720. The van der Waals surface area contributed by atoms with Crippen LogP contribution >= 0.6 is 0 Å². The van der Waals surface area contributed by atoms with E-state index in [-0.39, 0.29) is 5.75 Å². The maximum atomic E-state index is 10.1. The lowest BCUT2D eigenvalue weighted by atomic mass is 10.0. The molecule has 0 aliphatic heterocycles. The van der Waals surface area contributed by atoms with Crippen molar-refractivity contribution in [2.75, 3.05) is 7.11 Å². The molecule has 0 radical (unpaired) electrons. The van der Waals surface area contributed by atoms with Crippen molar-refractivity contribution in [3.63, 3.8) is 0 Å². The molecule has 20 heavy (non-hydrogen) atoms. The van der Waals surface area contributed by atoms with Gasteiger partial charge in [0.05, 0.1) is 19.0 Å². The molecule has 0 aliphatic rings. The molecule has 2 N–H and O–H groups in total. The topological polar surface area (TPSA) is 58.1 Å². The van der Waals surface area contributed by atoms with Crippen LogP contribution < -0.4 is 4.74 Å². The highest BCUT2D eigenvalue weighted by Crippen LogP contribution is 2.37. The van der Waals surface area contributed by atoms with Crippen LogP contribution in [0.15, 0.2) is 54.7 Å². The standard InChI is InChI=1S/C16H14N2O2/c1-20-12-7-8-15(19)13(9-12)14-10-17-18-16(14)11-5-3-2-4-6-11/h2-10,19H,1H3,(H,17,18). The summed E-state index contributed by atoms with van der Waals surface area (Å²) in [4.78, 5) is 0. The molecule has 4 heteroatoms. The van der Waals surface area contributed by atoms with Gasteiger partial charge in [0.2, 0.25) is 0 Å². The van der Waals surface area contributed by atoms with Crippen molar-refractivity contribution in [1.82, 2.24) is 10.2 Å². The van der Waals surface area contributed by atoms with E-state index in [1.807, 2.05) is 30.3 Å². The largest absolute Gasteiger partial charge is 0.507 e. The van der Waals surface area contributed by atoms with E-state index in [9.17, 15) is 5.11 Å². The predicted molar refractivity (Wildman–Crippen MR) is 77.7 cm³/mol. The molecular weight excluding hydrogens is 252 g/mol. The summed E-state index contributed by atoms with van der Waals surface area (Å²) < 4.78 is 5.21. The van der Waals surface area contributed by atoms with Gasteiger partial charge in [-0.25, -0.2) is 0 Å². The average Bonchev–Trinajstić information content (AvgIpc) is 2.98. The fraction of sp³-hybridized carbons (Fsp3) is 0.0625. The van der Waals surface area contributed by atoms with E-state index >= 15 is 0 Å². The summed E-state index contributed by atoms with van der Waals surface area (Å²) in [6.07, 6.45) is 1.71. The molecule has 3 rings (SSSR count). The van der Waals surface area contributed by atoms with E-state index in [4.69, 9.17) is 4.74 Å². The Hall–Kier alpha value is -2.75. The zero-order valence-corrected chi connectivity index (χ0v) is 11.0. The summed E-state index contributed by atoms with van der Waals surface area (Å²) >= 11 is 0. The van der Waals surface area contributed by atoms with Gasteiger partial charge in [0.25, 0.3) is 0 Å². The van der Waals surface area contributed by atoms with Crippen LogP contribution in [0.2, 0.25) is 0 Å². The number of hydrogen-bond acceptors (Lipinski definition) is 3. The van der Waals surface area contributed by atoms with E-state index in [2.05, 4.69) is 10.2 Å². The minimum Gasteiger partial charge on any atom is -0.507 e. The molecule has 0 unspecified atom stereocenters. The average molecular weight is 266 g/mol. The minimum absolute atomic E-state index is 0.199. The number of hydrogen-bond donors (Lipinski definition) is 2. The molecule has 0 saturated heterocycles. The van der Waals surface area contributed by atoms with Gasteiger partial charge in [-0.05, 0) is 18.2 Å². The Morgan fingerprint density at radius 3 is 2.60 bits per heavy atom. The zero-order chi connectivity index (χ0) is 13.9. The molecule has 1 heterocycles. The van der Waals surface area contributed by atoms with Gasteiger partial charge in [0.1, 0.15) is 11.5 Å². The Morgan fingerprint density at radius 2 is 1.85 bits per heavy atom. The van der Waals surface area contributed by atoms with Gasteiger partial charge in [-0.15, -0.1) is 0 Å². The van der Waals surface area contributed by atoms with Gasteiger partial charge in [-0.2, -0.15) is 5.10 Å². The molecule has 0 spiro atoms. The van der Waals surface area contributed by atoms with Crippen LogP contribution in [-0.2, 0) is 0 Å². The highest BCUT2D eigenvalue weighted by molar-refractivity contribution is 5.83. The van der Waals surface area contributed by atoms with Crippen molar-refractivity contribution in [3.8, 4) is 33.9 Å². The Kier molecular flexibility index (Phi) is 3.13. The van der Waals surface area contributed by atoms with Crippen LogP contribution in [0, 0.1) is 0 Å². The molecule has 4 nitrogen and oxygen atoms in total. The van der Waals surface area contributed by atoms with E-state index in [0.717, 1.165) is 16.8 Å².